The van der Waals surface area contributed by atoms with Crippen molar-refractivity contribution >= 4 is 46.6 Å². The van der Waals surface area contributed by atoms with Crippen LogP contribution in [0.25, 0.3) is 0 Å². The van der Waals surface area contributed by atoms with Crippen molar-refractivity contribution in [3.8, 4) is 11.5 Å². The van der Waals surface area contributed by atoms with E-state index in [9.17, 15) is 4.79 Å². The number of nitrogens with one attached hydrogen (secondary N) is 1. The first kappa shape index (κ1) is 21.3. The van der Waals surface area contributed by atoms with Crippen LogP contribution in [-0.4, -0.2) is 33.5 Å². The normalized spacial score (nSPS) is 10.6. The molecule has 0 aliphatic rings. The van der Waals surface area contributed by atoms with Crippen LogP contribution in [0.4, 0.5) is 5.69 Å². The molecule has 0 aliphatic heterocycles. The Bertz CT molecular complexity index is 1010. The van der Waals surface area contributed by atoms with E-state index in [0.717, 1.165) is 0 Å². The van der Waals surface area contributed by atoms with Crippen molar-refractivity contribution in [2.24, 2.45) is 7.05 Å². The summed E-state index contributed by atoms with van der Waals surface area (Å²) < 4.78 is 12.7. The van der Waals surface area contributed by atoms with E-state index in [-0.39, 0.29) is 18.3 Å². The molecule has 2 aromatic carbocycles. The smallest absolute Gasteiger partial charge is 0.234 e. The molecule has 1 N–H and O–H groups in total. The van der Waals surface area contributed by atoms with Crippen molar-refractivity contribution in [2.45, 2.75) is 11.8 Å². The Hall–Kier alpha value is -2.42. The fourth-order valence-corrected chi connectivity index (χ4v) is 3.59. The molecule has 7 nitrogen and oxygen atoms in total. The van der Waals surface area contributed by atoms with Gasteiger partial charge in [0.2, 0.25) is 5.91 Å². The largest absolute Gasteiger partial charge is 0.495 e. The van der Waals surface area contributed by atoms with E-state index in [2.05, 4.69) is 15.5 Å². The average molecular weight is 453 g/mol. The van der Waals surface area contributed by atoms with Crippen molar-refractivity contribution in [3.05, 3.63) is 58.3 Å². The molecular formula is C19H18Cl2N4O3S. The third-order valence-electron chi connectivity index (χ3n) is 3.89. The summed E-state index contributed by atoms with van der Waals surface area (Å²) in [4.78, 5) is 12.3. The number of methoxy groups -OCH3 is 1. The molecule has 10 heteroatoms. The SMILES string of the molecule is COc1ccccc1NC(=O)CSc1nnc(COc2ccc(Cl)cc2Cl)n1C. The van der Waals surface area contributed by atoms with Crippen LogP contribution in [0.1, 0.15) is 5.82 Å². The van der Waals surface area contributed by atoms with Gasteiger partial charge >= 0.3 is 0 Å². The van der Waals surface area contributed by atoms with E-state index in [0.29, 0.717) is 38.2 Å². The van der Waals surface area contributed by atoms with Crippen LogP contribution < -0.4 is 14.8 Å². The standard InChI is InChI=1S/C19H18Cl2N4O3S/c1-25-17(10-28-15-8-7-12(20)9-13(15)21)23-24-19(25)29-11-18(26)22-14-5-3-4-6-16(14)27-2/h3-9H,10-11H2,1-2H3,(H,22,26). The molecule has 0 spiro atoms. The minimum atomic E-state index is -0.173. The number of amides is 1. The van der Waals surface area contributed by atoms with Gasteiger partial charge < -0.3 is 19.4 Å². The lowest BCUT2D eigenvalue weighted by Gasteiger charge is -2.10. The molecule has 0 atom stereocenters. The number of benzene rings is 2. The molecule has 152 valence electrons. The van der Waals surface area contributed by atoms with E-state index >= 15 is 0 Å². The lowest BCUT2D eigenvalue weighted by molar-refractivity contribution is -0.113. The summed E-state index contributed by atoms with van der Waals surface area (Å²) in [6, 6.07) is 12.2. The number of nitrogens with zero attached hydrogens (tertiary/aromatic N) is 3. The number of hydrogen-bond donors (Lipinski definition) is 1. The molecule has 0 fully saturated rings. The van der Waals surface area contributed by atoms with Gasteiger partial charge in [-0.25, -0.2) is 0 Å². The zero-order valence-corrected chi connectivity index (χ0v) is 18.0. The molecule has 29 heavy (non-hydrogen) atoms. The molecule has 0 unspecified atom stereocenters. The molecule has 0 saturated heterocycles. The van der Waals surface area contributed by atoms with Crippen molar-refractivity contribution in [2.75, 3.05) is 18.2 Å². The second-order valence-corrected chi connectivity index (χ2v) is 7.64. The number of thioether (sulfide) groups is 1. The maximum absolute atomic E-state index is 12.3. The number of carbonyl (C=O) groups is 1. The van der Waals surface area contributed by atoms with Gasteiger partial charge in [-0.05, 0) is 30.3 Å². The van der Waals surface area contributed by atoms with Gasteiger partial charge in [-0.15, -0.1) is 10.2 Å². The van der Waals surface area contributed by atoms with E-state index < -0.39 is 0 Å². The number of aromatic nitrogens is 3. The zero-order chi connectivity index (χ0) is 20.8. The van der Waals surface area contributed by atoms with Crippen LogP contribution in [0.2, 0.25) is 10.0 Å². The van der Waals surface area contributed by atoms with E-state index in [1.807, 2.05) is 19.2 Å². The summed E-state index contributed by atoms with van der Waals surface area (Å²) in [6.45, 7) is 0.179. The van der Waals surface area contributed by atoms with Crippen LogP contribution >= 0.6 is 35.0 Å². The molecule has 3 rings (SSSR count). The Morgan fingerprint density at radius 3 is 2.72 bits per heavy atom. The first-order valence-corrected chi connectivity index (χ1v) is 10.2. The van der Waals surface area contributed by atoms with Gasteiger partial charge in [0.1, 0.15) is 18.1 Å². The molecule has 3 aromatic rings. The van der Waals surface area contributed by atoms with Gasteiger partial charge in [0.15, 0.2) is 11.0 Å². The minimum absolute atomic E-state index is 0.173. The highest BCUT2D eigenvalue weighted by Gasteiger charge is 2.14. The number of ether oxygens (including phenoxy) is 2. The number of anilines is 1. The predicted octanol–water partition coefficient (Wildman–Crippen LogP) is 4.44. The third-order valence-corrected chi connectivity index (χ3v) is 5.44. The Morgan fingerprint density at radius 1 is 1.17 bits per heavy atom. The number of para-hydroxylation sites is 2. The van der Waals surface area contributed by atoms with Gasteiger partial charge in [-0.2, -0.15) is 0 Å². The first-order chi connectivity index (χ1) is 14.0. The zero-order valence-electron chi connectivity index (χ0n) is 15.7. The van der Waals surface area contributed by atoms with Crippen LogP contribution in [0.15, 0.2) is 47.6 Å². The highest BCUT2D eigenvalue weighted by Crippen LogP contribution is 2.28. The van der Waals surface area contributed by atoms with Crippen LogP contribution in [-0.2, 0) is 18.4 Å². The second kappa shape index (κ2) is 9.87. The molecule has 1 aromatic heterocycles. The minimum Gasteiger partial charge on any atom is -0.495 e. The van der Waals surface area contributed by atoms with Crippen LogP contribution in [0, 0.1) is 0 Å². The van der Waals surface area contributed by atoms with Gasteiger partial charge in [0.25, 0.3) is 0 Å². The summed E-state index contributed by atoms with van der Waals surface area (Å²) in [7, 11) is 3.36. The average Bonchev–Trinajstić information content (AvgIpc) is 3.06. The highest BCUT2D eigenvalue weighted by atomic mass is 35.5. The summed E-state index contributed by atoms with van der Waals surface area (Å²) in [5.74, 6) is 1.71. The Labute approximate surface area is 182 Å². The lowest BCUT2D eigenvalue weighted by atomic mass is 10.3. The van der Waals surface area contributed by atoms with Crippen molar-refractivity contribution in [3.63, 3.8) is 0 Å². The Morgan fingerprint density at radius 2 is 1.97 bits per heavy atom. The topological polar surface area (TPSA) is 78.3 Å². The number of hydrogen-bond acceptors (Lipinski definition) is 6. The number of rotatable bonds is 8. The highest BCUT2D eigenvalue weighted by molar-refractivity contribution is 7.99. The fourth-order valence-electron chi connectivity index (χ4n) is 2.40. The summed E-state index contributed by atoms with van der Waals surface area (Å²) >= 11 is 13.3. The number of carbonyl (C=O) groups excluding carboxylic acids is 1. The van der Waals surface area contributed by atoms with Crippen molar-refractivity contribution in [1.29, 1.82) is 0 Å². The van der Waals surface area contributed by atoms with Crippen molar-refractivity contribution < 1.29 is 14.3 Å². The van der Waals surface area contributed by atoms with Gasteiger partial charge in [0, 0.05) is 12.1 Å². The second-order valence-electron chi connectivity index (χ2n) is 5.86. The molecule has 0 saturated carbocycles. The molecule has 1 amide bonds. The Kier molecular flexibility index (Phi) is 7.24. The monoisotopic (exact) mass is 452 g/mol. The molecule has 0 bridgehead atoms. The van der Waals surface area contributed by atoms with Crippen LogP contribution in [0.5, 0.6) is 11.5 Å². The van der Waals surface area contributed by atoms with Gasteiger partial charge in [-0.3, -0.25) is 4.79 Å². The van der Waals surface area contributed by atoms with E-state index in [1.54, 1.807) is 42.0 Å². The van der Waals surface area contributed by atoms with Crippen molar-refractivity contribution in [1.82, 2.24) is 14.8 Å². The lowest BCUT2D eigenvalue weighted by Crippen LogP contribution is -2.15. The maximum atomic E-state index is 12.3. The quantitative estimate of drug-likeness (QED) is 0.508. The fraction of sp³-hybridized carbons (Fsp3) is 0.211. The summed E-state index contributed by atoms with van der Waals surface area (Å²) in [5.41, 5.74) is 0.618. The molecule has 0 radical (unpaired) electrons. The Balaban J connectivity index is 1.56. The molecular weight excluding hydrogens is 435 g/mol. The van der Waals surface area contributed by atoms with E-state index in [4.69, 9.17) is 32.7 Å². The predicted molar refractivity (Wildman–Crippen MR) is 114 cm³/mol. The maximum Gasteiger partial charge on any atom is 0.234 e. The van der Waals surface area contributed by atoms with E-state index in [1.165, 1.54) is 11.8 Å². The third kappa shape index (κ3) is 5.56. The summed E-state index contributed by atoms with van der Waals surface area (Å²) in [5, 5.41) is 12.6. The van der Waals surface area contributed by atoms with Gasteiger partial charge in [-0.1, -0.05) is 47.1 Å². The first-order valence-electron chi connectivity index (χ1n) is 8.49. The molecule has 0 aliphatic carbocycles. The number of halogens is 2. The summed E-state index contributed by atoms with van der Waals surface area (Å²) in [6.07, 6.45) is 0. The van der Waals surface area contributed by atoms with Crippen LogP contribution in [0.3, 0.4) is 0 Å². The molecule has 1 heterocycles. The van der Waals surface area contributed by atoms with Gasteiger partial charge in [0.05, 0.1) is 23.6 Å².